The average molecular weight is 449 g/mol. The fourth-order valence-corrected chi connectivity index (χ4v) is 4.62. The highest BCUT2D eigenvalue weighted by molar-refractivity contribution is 6.02. The number of allylic oxidation sites excluding steroid dienone is 2. The number of benzene rings is 2. The molecule has 2 aromatic rings. The van der Waals surface area contributed by atoms with Crippen LogP contribution < -0.4 is 10.1 Å². The van der Waals surface area contributed by atoms with E-state index in [0.717, 1.165) is 11.3 Å². The second-order valence-electron chi connectivity index (χ2n) is 9.30. The summed E-state index contributed by atoms with van der Waals surface area (Å²) in [6.07, 6.45) is 0.992. The number of Topliss-reactive ketones (excluding diaryl/α,β-unsaturated/α-hetero) is 1. The van der Waals surface area contributed by atoms with Gasteiger partial charge in [-0.05, 0) is 48.4 Å². The summed E-state index contributed by atoms with van der Waals surface area (Å²) >= 11 is 0. The summed E-state index contributed by atoms with van der Waals surface area (Å²) in [6.45, 7) is 6.50. The number of ether oxygens (including phenoxy) is 1. The molecule has 0 radical (unpaired) electrons. The van der Waals surface area contributed by atoms with Crippen molar-refractivity contribution in [2.75, 3.05) is 6.61 Å². The summed E-state index contributed by atoms with van der Waals surface area (Å²) in [6, 6.07) is 12.7. The second-order valence-corrected chi connectivity index (χ2v) is 9.30. The van der Waals surface area contributed by atoms with E-state index in [2.05, 4.69) is 19.2 Å². The van der Waals surface area contributed by atoms with Gasteiger partial charge in [0, 0.05) is 41.7 Å². The molecule has 1 amide bonds. The highest BCUT2D eigenvalue weighted by Gasteiger charge is 2.38. The fourth-order valence-electron chi connectivity index (χ4n) is 4.62. The number of nitro groups is 1. The Bertz CT molecular complexity index is 1130. The third kappa shape index (κ3) is 4.82. The Morgan fingerprint density at radius 1 is 1.06 bits per heavy atom. The van der Waals surface area contributed by atoms with E-state index in [4.69, 9.17) is 4.74 Å². The molecule has 0 aromatic heterocycles. The maximum atomic E-state index is 13.3. The summed E-state index contributed by atoms with van der Waals surface area (Å²) in [7, 11) is 0. The molecule has 1 heterocycles. The maximum Gasteiger partial charge on any atom is 0.272 e. The molecule has 7 heteroatoms. The highest BCUT2D eigenvalue weighted by Crippen LogP contribution is 2.43. The van der Waals surface area contributed by atoms with Crippen LogP contribution in [0.3, 0.4) is 0 Å². The van der Waals surface area contributed by atoms with Crippen LogP contribution >= 0.6 is 0 Å². The molecule has 7 nitrogen and oxygen atoms in total. The van der Waals surface area contributed by atoms with E-state index in [1.807, 2.05) is 24.3 Å². The van der Waals surface area contributed by atoms with E-state index in [-0.39, 0.29) is 29.7 Å². The predicted molar refractivity (Wildman–Crippen MR) is 124 cm³/mol. The number of aryl methyl sites for hydroxylation is 1. The van der Waals surface area contributed by atoms with Crippen molar-refractivity contribution in [2.45, 2.75) is 51.9 Å². The van der Waals surface area contributed by atoms with Crippen LogP contribution in [-0.4, -0.2) is 23.2 Å². The fraction of sp³-hybridized carbons (Fsp3) is 0.385. The number of nitrogens with zero attached hydrogens (tertiary/aromatic N) is 1. The number of carbonyl (C=O) groups excluding carboxylic acids is 2. The molecule has 0 spiro atoms. The van der Waals surface area contributed by atoms with Crippen LogP contribution in [0.1, 0.15) is 61.6 Å². The zero-order valence-electron chi connectivity index (χ0n) is 19.1. The molecule has 0 saturated heterocycles. The number of hydrogen-bond acceptors (Lipinski definition) is 5. The Morgan fingerprint density at radius 2 is 1.76 bits per heavy atom. The first-order valence-corrected chi connectivity index (χ1v) is 11.3. The van der Waals surface area contributed by atoms with Crippen molar-refractivity contribution in [3.05, 3.63) is 80.5 Å². The summed E-state index contributed by atoms with van der Waals surface area (Å²) < 4.78 is 5.75. The molecular formula is C26H28N2O5. The van der Waals surface area contributed by atoms with Gasteiger partial charge in [-0.15, -0.1) is 0 Å². The predicted octanol–water partition coefficient (Wildman–Crippen LogP) is 4.94. The van der Waals surface area contributed by atoms with E-state index in [1.54, 1.807) is 19.1 Å². The van der Waals surface area contributed by atoms with E-state index in [1.165, 1.54) is 6.07 Å². The Balaban J connectivity index is 1.61. The van der Waals surface area contributed by atoms with Crippen molar-refractivity contribution < 1.29 is 19.2 Å². The summed E-state index contributed by atoms with van der Waals surface area (Å²) in [5.74, 6) is 0.530. The Morgan fingerprint density at radius 3 is 2.42 bits per heavy atom. The molecule has 0 fully saturated rings. The third-order valence-corrected chi connectivity index (χ3v) is 6.30. The monoisotopic (exact) mass is 448 g/mol. The molecule has 33 heavy (non-hydrogen) atoms. The van der Waals surface area contributed by atoms with Crippen LogP contribution in [0.5, 0.6) is 5.75 Å². The van der Waals surface area contributed by atoms with Crippen LogP contribution in [-0.2, 0) is 9.59 Å². The van der Waals surface area contributed by atoms with Gasteiger partial charge in [-0.25, -0.2) is 0 Å². The molecule has 2 aromatic carbocycles. The van der Waals surface area contributed by atoms with Crippen LogP contribution in [0.2, 0.25) is 0 Å². The molecule has 1 aliphatic heterocycles. The Kier molecular flexibility index (Phi) is 6.31. The lowest BCUT2D eigenvalue weighted by Gasteiger charge is -2.34. The lowest BCUT2D eigenvalue weighted by atomic mass is 9.73. The minimum absolute atomic E-state index is 0.00143. The van der Waals surface area contributed by atoms with E-state index >= 15 is 0 Å². The van der Waals surface area contributed by atoms with Crippen LogP contribution in [0.25, 0.3) is 0 Å². The summed E-state index contributed by atoms with van der Waals surface area (Å²) in [5.41, 5.74) is 3.43. The maximum absolute atomic E-state index is 13.3. The van der Waals surface area contributed by atoms with Gasteiger partial charge in [0.15, 0.2) is 5.78 Å². The standard InChI is InChI=1S/C26H28N2O5/c1-15(2)14-33-20-8-6-17(7-9-20)19-10-22-26(24(29)12-19)21(13-25(30)27-22)18-5-4-16(3)23(11-18)28(31)32/h4-9,11,15,19,21H,10,12-14H2,1-3H3,(H,27,30). The van der Waals surface area contributed by atoms with Gasteiger partial charge in [0.25, 0.3) is 5.69 Å². The van der Waals surface area contributed by atoms with Gasteiger partial charge >= 0.3 is 0 Å². The molecular weight excluding hydrogens is 420 g/mol. The number of ketones is 1. The van der Waals surface area contributed by atoms with Gasteiger partial charge in [0.05, 0.1) is 11.5 Å². The molecule has 2 aliphatic rings. The first-order valence-electron chi connectivity index (χ1n) is 11.3. The van der Waals surface area contributed by atoms with Crippen molar-refractivity contribution in [1.82, 2.24) is 5.32 Å². The quantitative estimate of drug-likeness (QED) is 0.498. The van der Waals surface area contributed by atoms with Crippen molar-refractivity contribution in [1.29, 1.82) is 0 Å². The lowest BCUT2D eigenvalue weighted by molar-refractivity contribution is -0.385. The molecule has 0 bridgehead atoms. The summed E-state index contributed by atoms with van der Waals surface area (Å²) in [5, 5.41) is 14.3. The highest BCUT2D eigenvalue weighted by atomic mass is 16.6. The molecule has 2 unspecified atom stereocenters. The topological polar surface area (TPSA) is 98.5 Å². The van der Waals surface area contributed by atoms with E-state index < -0.39 is 10.8 Å². The van der Waals surface area contributed by atoms with Crippen LogP contribution in [0.4, 0.5) is 5.69 Å². The minimum atomic E-state index is -0.465. The van der Waals surface area contributed by atoms with Gasteiger partial charge in [-0.3, -0.25) is 19.7 Å². The van der Waals surface area contributed by atoms with Gasteiger partial charge in [-0.1, -0.05) is 38.1 Å². The number of amides is 1. The second kappa shape index (κ2) is 9.17. The molecule has 1 N–H and O–H groups in total. The largest absolute Gasteiger partial charge is 0.493 e. The lowest BCUT2D eigenvalue weighted by Crippen LogP contribution is -2.38. The molecule has 172 valence electrons. The van der Waals surface area contributed by atoms with E-state index in [9.17, 15) is 19.7 Å². The van der Waals surface area contributed by atoms with Gasteiger partial charge in [0.1, 0.15) is 5.75 Å². The van der Waals surface area contributed by atoms with Crippen molar-refractivity contribution in [2.24, 2.45) is 5.92 Å². The van der Waals surface area contributed by atoms with Crippen LogP contribution in [0.15, 0.2) is 53.7 Å². The number of rotatable bonds is 6. The number of nitrogens with one attached hydrogen (secondary N) is 1. The Labute approximate surface area is 193 Å². The zero-order chi connectivity index (χ0) is 23.7. The average Bonchev–Trinajstić information content (AvgIpc) is 2.77. The van der Waals surface area contributed by atoms with Crippen molar-refractivity contribution >= 4 is 17.4 Å². The molecule has 0 saturated carbocycles. The van der Waals surface area contributed by atoms with Gasteiger partial charge in [-0.2, -0.15) is 0 Å². The van der Waals surface area contributed by atoms with Gasteiger partial charge < -0.3 is 10.1 Å². The first kappa shape index (κ1) is 22.7. The SMILES string of the molecule is Cc1ccc(C2CC(=O)NC3=C2C(=O)CC(c2ccc(OCC(C)C)cc2)C3)cc1[N+](=O)[O-]. The van der Waals surface area contributed by atoms with Crippen molar-refractivity contribution in [3.63, 3.8) is 0 Å². The smallest absolute Gasteiger partial charge is 0.272 e. The number of nitro benzene ring substituents is 1. The summed E-state index contributed by atoms with van der Waals surface area (Å²) in [4.78, 5) is 36.7. The first-order chi connectivity index (χ1) is 15.7. The number of hydrogen-bond donors (Lipinski definition) is 1. The third-order valence-electron chi connectivity index (χ3n) is 6.30. The molecule has 4 rings (SSSR count). The zero-order valence-corrected chi connectivity index (χ0v) is 19.1. The van der Waals surface area contributed by atoms with Crippen molar-refractivity contribution in [3.8, 4) is 5.75 Å². The van der Waals surface area contributed by atoms with E-state index in [0.29, 0.717) is 47.8 Å². The molecule has 1 aliphatic carbocycles. The number of carbonyl (C=O) groups is 2. The molecule has 2 atom stereocenters. The Hall–Kier alpha value is -3.48. The normalized spacial score (nSPS) is 20.5. The minimum Gasteiger partial charge on any atom is -0.493 e. The van der Waals surface area contributed by atoms with Gasteiger partial charge in [0.2, 0.25) is 5.91 Å². The van der Waals surface area contributed by atoms with Crippen LogP contribution in [0, 0.1) is 23.0 Å².